The smallest absolute Gasteiger partial charge is 0.000696 e. The third-order valence-electron chi connectivity index (χ3n) is 13.0. The Bertz CT molecular complexity index is 3740. The third-order valence-corrected chi connectivity index (χ3v) is 13.0. The molecular weight excluding hydrogens is 649 g/mol. The largest absolute Gasteiger partial charge is 0.0616 e. The van der Waals surface area contributed by atoms with Crippen LogP contribution in [0.4, 0.5) is 0 Å². The predicted molar refractivity (Wildman–Crippen MR) is 236 cm³/mol. The molecule has 0 N–H and O–H groups in total. The van der Waals surface area contributed by atoms with E-state index >= 15 is 0 Å². The van der Waals surface area contributed by atoms with Crippen molar-refractivity contribution in [1.82, 2.24) is 0 Å². The van der Waals surface area contributed by atoms with E-state index in [-0.39, 0.29) is 0 Å². The quantitative estimate of drug-likeness (QED) is 0.140. The Labute approximate surface area is 308 Å². The number of hydrogen-bond donors (Lipinski definition) is 0. The van der Waals surface area contributed by atoms with E-state index in [9.17, 15) is 0 Å². The van der Waals surface area contributed by atoms with Crippen molar-refractivity contribution < 1.29 is 0 Å². The molecule has 0 unspecified atom stereocenters. The lowest BCUT2D eigenvalue weighted by Crippen LogP contribution is -1.94. The zero-order valence-electron chi connectivity index (χ0n) is 29.2. The van der Waals surface area contributed by atoms with Gasteiger partial charge in [-0.1, -0.05) is 170 Å². The molecular formula is C54H28. The summed E-state index contributed by atoms with van der Waals surface area (Å²) in [5.74, 6) is 0. The molecule has 14 aromatic rings. The summed E-state index contributed by atoms with van der Waals surface area (Å²) < 4.78 is 0. The molecule has 0 heteroatoms. The molecule has 14 aromatic carbocycles. The average Bonchev–Trinajstić information content (AvgIpc) is 3.23. The highest BCUT2D eigenvalue weighted by atomic mass is 14.3. The summed E-state index contributed by atoms with van der Waals surface area (Å²) >= 11 is 0. The number of rotatable bonds is 0. The lowest BCUT2D eigenvalue weighted by atomic mass is 9.80. The first kappa shape index (κ1) is 27.6. The maximum Gasteiger partial charge on any atom is -0.000696 e. The van der Waals surface area contributed by atoms with E-state index in [2.05, 4.69) is 170 Å². The second-order valence-electron chi connectivity index (χ2n) is 15.4. The fraction of sp³-hybridized carbons (Fsp3) is 0. The summed E-state index contributed by atoms with van der Waals surface area (Å²) in [6.07, 6.45) is 0. The van der Waals surface area contributed by atoms with Gasteiger partial charge in [0.05, 0.1) is 0 Å². The Hall–Kier alpha value is -7.02. The van der Waals surface area contributed by atoms with Crippen LogP contribution in [0.3, 0.4) is 0 Å². The maximum atomic E-state index is 2.41. The summed E-state index contributed by atoms with van der Waals surface area (Å²) in [6, 6.07) is 65.0. The molecule has 0 heterocycles. The van der Waals surface area contributed by atoms with Crippen molar-refractivity contribution in [3.63, 3.8) is 0 Å². The first-order valence-electron chi connectivity index (χ1n) is 19.0. The minimum atomic E-state index is 1.29. The van der Waals surface area contributed by atoms with Gasteiger partial charge in [-0.15, -0.1) is 0 Å². The van der Waals surface area contributed by atoms with Gasteiger partial charge in [-0.2, -0.15) is 0 Å². The Morgan fingerprint density at radius 3 is 0.593 bits per heavy atom. The number of fused-ring (bicyclic) bond motifs is 14. The summed E-state index contributed by atoms with van der Waals surface area (Å²) in [6.45, 7) is 0. The molecule has 0 saturated carbocycles. The van der Waals surface area contributed by atoms with Gasteiger partial charge < -0.3 is 0 Å². The fourth-order valence-corrected chi connectivity index (χ4v) is 11.0. The van der Waals surface area contributed by atoms with E-state index in [1.54, 1.807) is 0 Å². The van der Waals surface area contributed by atoms with Gasteiger partial charge in [-0.05, 0) is 140 Å². The summed E-state index contributed by atoms with van der Waals surface area (Å²) in [5, 5.41) is 34.3. The van der Waals surface area contributed by atoms with Crippen LogP contribution in [0, 0.1) is 0 Å². The van der Waals surface area contributed by atoms with Crippen molar-refractivity contribution >= 4 is 140 Å². The Balaban J connectivity index is 1.53. The highest BCUT2D eigenvalue weighted by Gasteiger charge is 2.24. The molecule has 0 nitrogen and oxygen atoms in total. The summed E-state index contributed by atoms with van der Waals surface area (Å²) in [5.41, 5.74) is 0. The standard InChI is InChI=1S/C54H28/c1-2-16-36-35(15-1)49-37-17-3-9-29-23-25-31-11-5-19-39(45(31)43(29)37)51(49)53-41-21-7-13-33-27-28-34-14-8-22-42(48(34)47(33)41)54(53)52-40-20-6-12-32-26-24-30-10-4-18-38(50(36)52)44(30)46(32)40/h1-28H. The van der Waals surface area contributed by atoms with Gasteiger partial charge in [0.2, 0.25) is 0 Å². The summed E-state index contributed by atoms with van der Waals surface area (Å²) in [7, 11) is 0. The zero-order chi connectivity index (χ0) is 34.8. The SMILES string of the molecule is c1ccc2c(c1)c1c3cccc4ccc5cccc(c5c43)c1c1c3cccc4ccc5cccc(c5c43)c1c1c3cccc4ccc5cccc(c5c43)c21. The van der Waals surface area contributed by atoms with Gasteiger partial charge in [-0.3, -0.25) is 0 Å². The van der Waals surface area contributed by atoms with E-state index in [1.165, 1.54) is 140 Å². The van der Waals surface area contributed by atoms with E-state index < -0.39 is 0 Å². The lowest BCUT2D eigenvalue weighted by molar-refractivity contribution is 1.79. The molecule has 14 rings (SSSR count). The molecule has 0 fully saturated rings. The average molecular weight is 677 g/mol. The Kier molecular flexibility index (Phi) is 4.85. The molecule has 0 aliphatic rings. The Morgan fingerprint density at radius 2 is 0.333 bits per heavy atom. The summed E-state index contributed by atoms with van der Waals surface area (Å²) in [4.78, 5) is 0. The van der Waals surface area contributed by atoms with Crippen LogP contribution < -0.4 is 0 Å². The zero-order valence-corrected chi connectivity index (χ0v) is 29.2. The molecule has 0 saturated heterocycles. The number of benzene rings is 13. The maximum absolute atomic E-state index is 2.41. The van der Waals surface area contributed by atoms with Gasteiger partial charge in [0.25, 0.3) is 0 Å². The molecule has 0 amide bonds. The lowest BCUT2D eigenvalue weighted by Gasteiger charge is -2.22. The normalized spacial score (nSPS) is 12.8. The first-order valence-corrected chi connectivity index (χ1v) is 19.0. The molecule has 0 aromatic heterocycles. The fourth-order valence-electron chi connectivity index (χ4n) is 11.0. The van der Waals surface area contributed by atoms with Crippen LogP contribution in [0.5, 0.6) is 0 Å². The molecule has 0 bridgehead atoms. The van der Waals surface area contributed by atoms with Crippen molar-refractivity contribution in [2.75, 3.05) is 0 Å². The topological polar surface area (TPSA) is 0 Å². The van der Waals surface area contributed by atoms with Gasteiger partial charge in [-0.25, -0.2) is 0 Å². The highest BCUT2D eigenvalue weighted by Crippen LogP contribution is 2.53. The molecule has 0 aliphatic carbocycles. The number of hydrogen-bond acceptors (Lipinski definition) is 0. The second kappa shape index (κ2) is 9.50. The monoisotopic (exact) mass is 676 g/mol. The van der Waals surface area contributed by atoms with Crippen LogP contribution >= 0.6 is 0 Å². The van der Waals surface area contributed by atoms with Crippen molar-refractivity contribution in [3.8, 4) is 0 Å². The van der Waals surface area contributed by atoms with E-state index in [1.807, 2.05) is 0 Å². The van der Waals surface area contributed by atoms with Crippen LogP contribution in [-0.2, 0) is 0 Å². The molecule has 0 spiro atoms. The molecule has 54 heavy (non-hydrogen) atoms. The van der Waals surface area contributed by atoms with Gasteiger partial charge in [0.1, 0.15) is 0 Å². The van der Waals surface area contributed by atoms with Crippen molar-refractivity contribution in [3.05, 3.63) is 170 Å². The van der Waals surface area contributed by atoms with Crippen LogP contribution in [0.1, 0.15) is 0 Å². The first-order chi connectivity index (χ1) is 26.8. The predicted octanol–water partition coefficient (Wildman–Crippen LogP) is 15.6. The van der Waals surface area contributed by atoms with Crippen LogP contribution in [0.25, 0.3) is 140 Å². The second-order valence-corrected chi connectivity index (χ2v) is 15.4. The molecule has 0 atom stereocenters. The van der Waals surface area contributed by atoms with Crippen LogP contribution in [-0.4, -0.2) is 0 Å². The molecule has 0 radical (unpaired) electrons. The minimum Gasteiger partial charge on any atom is -0.0616 e. The van der Waals surface area contributed by atoms with Crippen molar-refractivity contribution in [1.29, 1.82) is 0 Å². The third kappa shape index (κ3) is 3.12. The van der Waals surface area contributed by atoms with Crippen molar-refractivity contribution in [2.45, 2.75) is 0 Å². The highest BCUT2D eigenvalue weighted by molar-refractivity contribution is 6.52. The van der Waals surface area contributed by atoms with Gasteiger partial charge in [0.15, 0.2) is 0 Å². The molecule has 244 valence electrons. The van der Waals surface area contributed by atoms with Crippen LogP contribution in [0.2, 0.25) is 0 Å². The van der Waals surface area contributed by atoms with E-state index in [0.717, 1.165) is 0 Å². The Morgan fingerprint density at radius 1 is 0.130 bits per heavy atom. The minimum absolute atomic E-state index is 1.29. The van der Waals surface area contributed by atoms with Crippen molar-refractivity contribution in [2.24, 2.45) is 0 Å². The van der Waals surface area contributed by atoms with Gasteiger partial charge >= 0.3 is 0 Å². The van der Waals surface area contributed by atoms with E-state index in [0.29, 0.717) is 0 Å². The van der Waals surface area contributed by atoms with E-state index in [4.69, 9.17) is 0 Å². The molecule has 0 aliphatic heterocycles. The van der Waals surface area contributed by atoms with Crippen LogP contribution in [0.15, 0.2) is 170 Å². The van der Waals surface area contributed by atoms with Gasteiger partial charge in [0, 0.05) is 0 Å².